The van der Waals surface area contributed by atoms with Gasteiger partial charge in [-0.05, 0) is 63.9 Å². The first-order valence-corrected chi connectivity index (χ1v) is 11.4. The molecule has 6 nitrogen and oxygen atoms in total. The Labute approximate surface area is 196 Å². The number of rotatable bonds is 6. The molecule has 32 heavy (non-hydrogen) atoms. The van der Waals surface area contributed by atoms with E-state index in [9.17, 15) is 4.39 Å². The van der Waals surface area contributed by atoms with Crippen LogP contribution in [-0.4, -0.2) is 27.9 Å². The van der Waals surface area contributed by atoms with Gasteiger partial charge in [0, 0.05) is 34.1 Å². The van der Waals surface area contributed by atoms with Crippen molar-refractivity contribution in [2.24, 2.45) is 5.92 Å². The first-order chi connectivity index (χ1) is 15.3. The predicted molar refractivity (Wildman–Crippen MR) is 126 cm³/mol. The first kappa shape index (κ1) is 22.8. The van der Waals surface area contributed by atoms with Crippen molar-refractivity contribution in [3.05, 3.63) is 58.2 Å². The zero-order valence-electron chi connectivity index (χ0n) is 18.0. The Balaban J connectivity index is 1.56. The highest BCUT2D eigenvalue weighted by molar-refractivity contribution is 6.36. The Morgan fingerprint density at radius 1 is 1.19 bits per heavy atom. The number of anilines is 1. The zero-order chi connectivity index (χ0) is 22.8. The van der Waals surface area contributed by atoms with Gasteiger partial charge in [0.2, 0.25) is 0 Å². The highest BCUT2D eigenvalue weighted by Crippen LogP contribution is 2.37. The lowest BCUT2D eigenvalue weighted by atomic mass is 9.91. The van der Waals surface area contributed by atoms with Crippen molar-refractivity contribution >= 4 is 29.0 Å². The third-order valence-corrected chi connectivity index (χ3v) is 6.80. The molecule has 0 radical (unpaired) electrons. The Bertz CT molecular complexity index is 1100. The second-order valence-corrected chi connectivity index (χ2v) is 8.95. The molecule has 2 unspecified atom stereocenters. The van der Waals surface area contributed by atoms with E-state index in [1.165, 1.54) is 12.1 Å². The van der Waals surface area contributed by atoms with Crippen molar-refractivity contribution in [2.75, 3.05) is 18.8 Å². The van der Waals surface area contributed by atoms with Crippen LogP contribution in [-0.2, 0) is 0 Å². The molecule has 2 atom stereocenters. The lowest BCUT2D eigenvalue weighted by molar-refractivity contribution is 0.227. The minimum Gasteiger partial charge on any atom is -0.482 e. The fraction of sp³-hybridized carbons (Fsp3) is 0.391. The maximum absolute atomic E-state index is 13.9. The summed E-state index contributed by atoms with van der Waals surface area (Å²) in [4.78, 5) is 4.28. The van der Waals surface area contributed by atoms with Crippen LogP contribution in [0.25, 0.3) is 11.1 Å². The van der Waals surface area contributed by atoms with E-state index in [0.717, 1.165) is 37.1 Å². The second-order valence-electron chi connectivity index (χ2n) is 8.16. The van der Waals surface area contributed by atoms with Gasteiger partial charge in [0.15, 0.2) is 11.6 Å². The van der Waals surface area contributed by atoms with E-state index in [1.807, 2.05) is 17.1 Å². The average Bonchev–Trinajstić information content (AvgIpc) is 3.28. The number of pyridine rings is 1. The van der Waals surface area contributed by atoms with Crippen LogP contribution in [0, 0.1) is 11.7 Å². The summed E-state index contributed by atoms with van der Waals surface area (Å²) in [5, 5.41) is 8.23. The Morgan fingerprint density at radius 2 is 1.94 bits per heavy atom. The maximum atomic E-state index is 13.9. The van der Waals surface area contributed by atoms with Crippen molar-refractivity contribution < 1.29 is 9.13 Å². The number of hydrogen-bond donors (Lipinski definition) is 2. The van der Waals surface area contributed by atoms with Crippen LogP contribution < -0.4 is 15.8 Å². The SMILES string of the molecule is CC(Oc1cc(-c2cnn(C(C)C3CCNCC3)c2)cnc1N)c1c(Cl)ccc(F)c1Cl. The van der Waals surface area contributed by atoms with Crippen LogP contribution in [0.1, 0.15) is 44.4 Å². The van der Waals surface area contributed by atoms with Crippen molar-refractivity contribution in [2.45, 2.75) is 38.8 Å². The summed E-state index contributed by atoms with van der Waals surface area (Å²) in [5.74, 6) is 0.621. The van der Waals surface area contributed by atoms with Crippen molar-refractivity contribution in [1.82, 2.24) is 20.1 Å². The monoisotopic (exact) mass is 477 g/mol. The first-order valence-electron chi connectivity index (χ1n) is 10.7. The lowest BCUT2D eigenvalue weighted by Crippen LogP contribution is -2.31. The third kappa shape index (κ3) is 4.70. The van der Waals surface area contributed by atoms with Gasteiger partial charge in [-0.15, -0.1) is 0 Å². The van der Waals surface area contributed by atoms with Gasteiger partial charge < -0.3 is 15.8 Å². The molecule has 1 fully saturated rings. The van der Waals surface area contributed by atoms with Gasteiger partial charge in [-0.1, -0.05) is 23.2 Å². The molecule has 0 bridgehead atoms. The van der Waals surface area contributed by atoms with Gasteiger partial charge >= 0.3 is 0 Å². The molecular weight excluding hydrogens is 452 g/mol. The molecule has 2 aromatic heterocycles. The van der Waals surface area contributed by atoms with Gasteiger partial charge in [0.1, 0.15) is 11.9 Å². The number of nitrogens with two attached hydrogens (primary N) is 1. The van der Waals surface area contributed by atoms with E-state index in [0.29, 0.717) is 28.3 Å². The molecule has 4 rings (SSSR count). The van der Waals surface area contributed by atoms with Crippen LogP contribution in [0.2, 0.25) is 10.0 Å². The van der Waals surface area contributed by atoms with Gasteiger partial charge in [0.05, 0.1) is 17.3 Å². The van der Waals surface area contributed by atoms with Crippen LogP contribution in [0.15, 0.2) is 36.8 Å². The van der Waals surface area contributed by atoms with Crippen LogP contribution in [0.5, 0.6) is 5.75 Å². The van der Waals surface area contributed by atoms with E-state index in [-0.39, 0.29) is 10.8 Å². The van der Waals surface area contributed by atoms with E-state index in [4.69, 9.17) is 33.7 Å². The Hall–Kier alpha value is -2.35. The Kier molecular flexibility index (Phi) is 6.88. The molecular formula is C23H26Cl2FN5O. The number of nitrogens with one attached hydrogen (secondary N) is 1. The fourth-order valence-electron chi connectivity index (χ4n) is 4.12. The molecule has 3 aromatic rings. The molecule has 1 saturated heterocycles. The summed E-state index contributed by atoms with van der Waals surface area (Å²) in [5.41, 5.74) is 8.15. The Morgan fingerprint density at radius 3 is 2.69 bits per heavy atom. The second kappa shape index (κ2) is 9.65. The normalized spacial score (nSPS) is 16.7. The van der Waals surface area contributed by atoms with Gasteiger partial charge in [0.25, 0.3) is 0 Å². The molecule has 170 valence electrons. The van der Waals surface area contributed by atoms with Crippen LogP contribution in [0.3, 0.4) is 0 Å². The number of halogens is 3. The van der Waals surface area contributed by atoms with Crippen molar-refractivity contribution in [3.8, 4) is 16.9 Å². The van der Waals surface area contributed by atoms with E-state index >= 15 is 0 Å². The van der Waals surface area contributed by atoms with Crippen LogP contribution >= 0.6 is 23.2 Å². The summed E-state index contributed by atoms with van der Waals surface area (Å²) in [6, 6.07) is 4.78. The highest BCUT2D eigenvalue weighted by Gasteiger charge is 2.23. The van der Waals surface area contributed by atoms with E-state index < -0.39 is 11.9 Å². The standard InChI is InChI=1S/C23H26Cl2FN5O/c1-13(15-5-7-28-8-6-15)31-12-17(11-30-31)16-9-20(23(27)29-10-16)32-14(2)21-18(24)3-4-19(26)22(21)25/h3-4,9-15,28H,5-8H2,1-2H3,(H2,27,29). The van der Waals surface area contributed by atoms with Gasteiger partial charge in [-0.25, -0.2) is 9.37 Å². The minimum absolute atomic E-state index is 0.0686. The van der Waals surface area contributed by atoms with Gasteiger partial charge in [-0.3, -0.25) is 4.68 Å². The summed E-state index contributed by atoms with van der Waals surface area (Å²) < 4.78 is 21.9. The summed E-state index contributed by atoms with van der Waals surface area (Å²) in [6.07, 6.45) is 7.17. The summed E-state index contributed by atoms with van der Waals surface area (Å²) in [7, 11) is 0. The molecule has 0 aliphatic carbocycles. The molecule has 9 heteroatoms. The minimum atomic E-state index is -0.632. The molecule has 0 spiro atoms. The maximum Gasteiger partial charge on any atom is 0.166 e. The van der Waals surface area contributed by atoms with E-state index in [1.54, 1.807) is 19.2 Å². The van der Waals surface area contributed by atoms with Crippen LogP contribution in [0.4, 0.5) is 10.2 Å². The lowest BCUT2D eigenvalue weighted by Gasteiger charge is -2.28. The molecule has 0 amide bonds. The molecule has 3 heterocycles. The quantitative estimate of drug-likeness (QED) is 0.446. The predicted octanol–water partition coefficient (Wildman–Crippen LogP) is 5.67. The number of hydrogen-bond acceptors (Lipinski definition) is 5. The number of piperidine rings is 1. The van der Waals surface area contributed by atoms with Crippen molar-refractivity contribution in [1.29, 1.82) is 0 Å². The third-order valence-electron chi connectivity index (χ3n) is 6.09. The molecule has 1 aliphatic rings. The molecule has 3 N–H and O–H groups in total. The molecule has 0 saturated carbocycles. The number of nitrogen functional groups attached to an aromatic ring is 1. The molecule has 1 aliphatic heterocycles. The zero-order valence-corrected chi connectivity index (χ0v) is 19.5. The van der Waals surface area contributed by atoms with Crippen molar-refractivity contribution in [3.63, 3.8) is 0 Å². The number of ether oxygens (including phenoxy) is 1. The summed E-state index contributed by atoms with van der Waals surface area (Å²) in [6.45, 7) is 6.03. The largest absolute Gasteiger partial charge is 0.482 e. The number of nitrogens with zero attached hydrogens (tertiary/aromatic N) is 3. The van der Waals surface area contributed by atoms with E-state index in [2.05, 4.69) is 22.3 Å². The highest BCUT2D eigenvalue weighted by atomic mass is 35.5. The average molecular weight is 478 g/mol. The molecule has 1 aromatic carbocycles. The summed E-state index contributed by atoms with van der Waals surface area (Å²) >= 11 is 12.4. The topological polar surface area (TPSA) is 78.0 Å². The number of aromatic nitrogens is 3. The smallest absolute Gasteiger partial charge is 0.166 e. The number of benzene rings is 1. The van der Waals surface area contributed by atoms with Gasteiger partial charge in [-0.2, -0.15) is 5.10 Å². The fourth-order valence-corrected chi connectivity index (χ4v) is 4.80.